The molecule has 1 aromatic heterocycles. The van der Waals surface area contributed by atoms with Gasteiger partial charge in [0.05, 0.1) is 12.1 Å². The Labute approximate surface area is 284 Å². The van der Waals surface area contributed by atoms with E-state index in [-0.39, 0.29) is 42.4 Å². The minimum atomic E-state index is -1.14. The average molecular weight is 681 g/mol. The molecular weight excluding hydrogens is 642 g/mol. The van der Waals surface area contributed by atoms with Crippen LogP contribution in [0.25, 0.3) is 10.6 Å². The monoisotopic (exact) mass is 680 g/mol. The highest BCUT2D eigenvalue weighted by molar-refractivity contribution is 7.13. The molecule has 1 heterocycles. The van der Waals surface area contributed by atoms with E-state index in [0.29, 0.717) is 35.8 Å². The van der Waals surface area contributed by atoms with Crippen molar-refractivity contribution in [2.45, 2.75) is 51.8 Å². The van der Waals surface area contributed by atoms with Crippen LogP contribution in [0.2, 0.25) is 0 Å². The van der Waals surface area contributed by atoms with Crippen LogP contribution < -0.4 is 10.6 Å². The topological polar surface area (TPSA) is 94.6 Å². The van der Waals surface area contributed by atoms with Crippen LogP contribution in [0.5, 0.6) is 0 Å². The number of carbonyl (C=O) groups excluding carboxylic acids is 2. The number of halogens is 3. The summed E-state index contributed by atoms with van der Waals surface area (Å²) in [5, 5.41) is 19.7. The van der Waals surface area contributed by atoms with E-state index in [0.717, 1.165) is 30.0 Å². The smallest absolute Gasteiger partial charge is 0.253 e. The number of aliphatic hydroxyl groups is 1. The zero-order valence-electron chi connectivity index (χ0n) is 26.3. The molecular formula is C36H39ClF2N4O3S. The quantitative estimate of drug-likeness (QED) is 0.129. The van der Waals surface area contributed by atoms with Gasteiger partial charge in [-0.1, -0.05) is 31.9 Å². The summed E-state index contributed by atoms with van der Waals surface area (Å²) >= 11 is 1.38. The minimum Gasteiger partial charge on any atom is -0.390 e. The number of hydrogen-bond acceptors (Lipinski definition) is 6. The number of amides is 2. The predicted octanol–water partition coefficient (Wildman–Crippen LogP) is 6.25. The van der Waals surface area contributed by atoms with Crippen molar-refractivity contribution in [1.29, 1.82) is 0 Å². The molecule has 248 valence electrons. The first-order chi connectivity index (χ1) is 22.2. The van der Waals surface area contributed by atoms with E-state index < -0.39 is 29.7 Å². The molecule has 3 aromatic carbocycles. The van der Waals surface area contributed by atoms with Gasteiger partial charge in [-0.05, 0) is 72.9 Å². The SMILES string of the molecule is C#Cc1cccc(CNC[C@@H](O)[C@H](Cc2cc(F)cc(F)c2)NC(=O)c2cc(C(=O)N(CCC)CCC)cc(-c3nccs3)c2)c1.Cl. The van der Waals surface area contributed by atoms with E-state index in [2.05, 4.69) is 21.5 Å². The molecule has 0 aliphatic rings. The first-order valence-electron chi connectivity index (χ1n) is 15.2. The van der Waals surface area contributed by atoms with E-state index in [1.807, 2.05) is 43.5 Å². The molecule has 11 heteroatoms. The summed E-state index contributed by atoms with van der Waals surface area (Å²) in [7, 11) is 0. The number of nitrogens with zero attached hydrogens (tertiary/aromatic N) is 2. The van der Waals surface area contributed by atoms with Crippen molar-refractivity contribution in [3.05, 3.63) is 112 Å². The number of aliphatic hydroxyl groups excluding tert-OH is 1. The molecule has 7 nitrogen and oxygen atoms in total. The van der Waals surface area contributed by atoms with Crippen molar-refractivity contribution < 1.29 is 23.5 Å². The molecule has 3 N–H and O–H groups in total. The summed E-state index contributed by atoms with van der Waals surface area (Å²) < 4.78 is 28.2. The fourth-order valence-corrected chi connectivity index (χ4v) is 5.83. The highest BCUT2D eigenvalue weighted by Gasteiger charge is 2.25. The first-order valence-corrected chi connectivity index (χ1v) is 16.1. The molecule has 0 spiro atoms. The van der Waals surface area contributed by atoms with Gasteiger partial charge >= 0.3 is 0 Å². The van der Waals surface area contributed by atoms with Gasteiger partial charge in [0, 0.05) is 66.1 Å². The van der Waals surface area contributed by atoms with E-state index in [9.17, 15) is 23.5 Å². The Kier molecular flexibility index (Phi) is 14.5. The molecule has 0 aliphatic heterocycles. The van der Waals surface area contributed by atoms with E-state index >= 15 is 0 Å². The van der Waals surface area contributed by atoms with Gasteiger partial charge < -0.3 is 20.6 Å². The number of aromatic nitrogens is 1. The summed E-state index contributed by atoms with van der Waals surface area (Å²) in [4.78, 5) is 33.5. The maximum Gasteiger partial charge on any atom is 0.253 e. The lowest BCUT2D eigenvalue weighted by molar-refractivity contribution is 0.0755. The van der Waals surface area contributed by atoms with Gasteiger partial charge in [-0.15, -0.1) is 30.2 Å². The largest absolute Gasteiger partial charge is 0.390 e. The summed E-state index contributed by atoms with van der Waals surface area (Å²) in [5.41, 5.74) is 3.06. The highest BCUT2D eigenvalue weighted by atomic mass is 35.5. The standard InChI is InChI=1S/C36H38F2N4O3S.ClH/c1-4-11-42(12-5-2)36(45)29-19-27(18-28(20-29)35-40-10-13-46-35)34(44)41-32(17-26-15-30(37)21-31(38)16-26)33(43)23-39-22-25-9-7-8-24(6-3)14-25;/h3,7-10,13-16,18-21,32-33,39,43H,4-5,11-12,17,22-23H2,1-2H3,(H,41,44);1H/t32-,33+;/m0./s1. The lowest BCUT2D eigenvalue weighted by atomic mass is 9.99. The van der Waals surface area contributed by atoms with Gasteiger partial charge in [0.1, 0.15) is 16.6 Å². The van der Waals surface area contributed by atoms with Crippen LogP contribution in [0, 0.1) is 24.0 Å². The van der Waals surface area contributed by atoms with E-state index in [4.69, 9.17) is 6.42 Å². The minimum absolute atomic E-state index is 0. The molecule has 0 fully saturated rings. The maximum absolute atomic E-state index is 14.1. The number of carbonyl (C=O) groups is 2. The van der Waals surface area contributed by atoms with Crippen molar-refractivity contribution in [2.75, 3.05) is 19.6 Å². The van der Waals surface area contributed by atoms with E-state index in [1.165, 1.54) is 29.5 Å². The molecule has 0 saturated heterocycles. The molecule has 0 bridgehead atoms. The normalized spacial score (nSPS) is 12.0. The van der Waals surface area contributed by atoms with Crippen molar-refractivity contribution in [3.8, 4) is 22.9 Å². The molecule has 0 radical (unpaired) electrons. The third-order valence-corrected chi connectivity index (χ3v) is 8.15. The van der Waals surface area contributed by atoms with Gasteiger partial charge in [0.2, 0.25) is 0 Å². The second-order valence-corrected chi connectivity index (χ2v) is 11.9. The molecule has 4 rings (SSSR count). The zero-order valence-corrected chi connectivity index (χ0v) is 28.0. The lowest BCUT2D eigenvalue weighted by Crippen LogP contribution is -2.48. The van der Waals surface area contributed by atoms with Gasteiger partial charge in [0.15, 0.2) is 0 Å². The van der Waals surface area contributed by atoms with Gasteiger partial charge in [-0.2, -0.15) is 0 Å². The van der Waals surface area contributed by atoms with Crippen LogP contribution in [-0.4, -0.2) is 58.6 Å². The molecule has 2 amide bonds. The Morgan fingerprint density at radius 3 is 2.34 bits per heavy atom. The predicted molar refractivity (Wildman–Crippen MR) is 185 cm³/mol. The van der Waals surface area contributed by atoms with Crippen LogP contribution in [0.3, 0.4) is 0 Å². The molecule has 4 aromatic rings. The number of terminal acetylenes is 1. The fraction of sp³-hybridized carbons (Fsp3) is 0.306. The molecule has 0 aliphatic carbocycles. The number of rotatable bonds is 15. The molecule has 0 saturated carbocycles. The van der Waals surface area contributed by atoms with Crippen LogP contribution >= 0.6 is 23.7 Å². The Bertz CT molecular complexity index is 1650. The summed E-state index contributed by atoms with van der Waals surface area (Å²) in [6.07, 6.45) is 7.53. The summed E-state index contributed by atoms with van der Waals surface area (Å²) in [5.74, 6) is 0.325. The van der Waals surface area contributed by atoms with Crippen molar-refractivity contribution >= 4 is 35.6 Å². The Morgan fingerprint density at radius 2 is 1.70 bits per heavy atom. The molecule has 0 unspecified atom stereocenters. The highest BCUT2D eigenvalue weighted by Crippen LogP contribution is 2.26. The third-order valence-electron chi connectivity index (χ3n) is 7.33. The van der Waals surface area contributed by atoms with Crippen LogP contribution in [-0.2, 0) is 13.0 Å². The van der Waals surface area contributed by atoms with Gasteiger partial charge in [-0.25, -0.2) is 13.8 Å². The zero-order chi connectivity index (χ0) is 33.1. The Balaban J connectivity index is 0.00000600. The Morgan fingerprint density at radius 1 is 1.00 bits per heavy atom. The number of nitrogens with one attached hydrogen (secondary N) is 2. The van der Waals surface area contributed by atoms with Crippen LogP contribution in [0.4, 0.5) is 8.78 Å². The Hall–Kier alpha value is -4.14. The van der Waals surface area contributed by atoms with Crippen molar-refractivity contribution in [2.24, 2.45) is 0 Å². The number of benzene rings is 3. The lowest BCUT2D eigenvalue weighted by Gasteiger charge is -2.25. The fourth-order valence-electron chi connectivity index (χ4n) is 5.20. The van der Waals surface area contributed by atoms with Crippen molar-refractivity contribution in [3.63, 3.8) is 0 Å². The van der Waals surface area contributed by atoms with Crippen LogP contribution in [0.1, 0.15) is 64.1 Å². The maximum atomic E-state index is 14.1. The summed E-state index contributed by atoms with van der Waals surface area (Å²) in [6.45, 7) is 5.62. The third kappa shape index (κ3) is 10.7. The molecule has 47 heavy (non-hydrogen) atoms. The first kappa shape index (κ1) is 37.3. The van der Waals surface area contributed by atoms with Gasteiger partial charge in [-0.3, -0.25) is 9.59 Å². The second-order valence-electron chi connectivity index (χ2n) is 11.0. The number of hydrogen-bond donors (Lipinski definition) is 3. The van der Waals surface area contributed by atoms with Crippen LogP contribution in [0.15, 0.2) is 72.2 Å². The number of thiazole rings is 1. The van der Waals surface area contributed by atoms with Crippen molar-refractivity contribution in [1.82, 2.24) is 20.5 Å². The van der Waals surface area contributed by atoms with E-state index in [1.54, 1.807) is 23.2 Å². The molecule has 2 atom stereocenters. The van der Waals surface area contributed by atoms with Gasteiger partial charge in [0.25, 0.3) is 11.8 Å². The summed E-state index contributed by atoms with van der Waals surface area (Å²) in [6, 6.07) is 14.5. The second kappa shape index (κ2) is 18.3. The average Bonchev–Trinajstić information content (AvgIpc) is 3.59.